The Kier molecular flexibility index (Phi) is 5.42. The topological polar surface area (TPSA) is 72.8 Å². The molecule has 3 N–H and O–H groups in total. The van der Waals surface area contributed by atoms with Gasteiger partial charge in [-0.25, -0.2) is 4.52 Å². The van der Waals surface area contributed by atoms with Gasteiger partial charge in [-0.05, 0) is 62.8 Å². The Hall–Kier alpha value is -2.84. The highest BCUT2D eigenvalue weighted by Crippen LogP contribution is 2.23. The molecule has 2 aliphatic rings. The zero-order valence-electron chi connectivity index (χ0n) is 17.5. The summed E-state index contributed by atoms with van der Waals surface area (Å²) in [5.74, 6) is 0.607. The van der Waals surface area contributed by atoms with Gasteiger partial charge < -0.3 is 25.8 Å². The first kappa shape index (κ1) is 19.1. The van der Waals surface area contributed by atoms with Crippen molar-refractivity contribution in [2.24, 2.45) is 0 Å². The van der Waals surface area contributed by atoms with Gasteiger partial charge in [-0.15, -0.1) is 5.10 Å². The van der Waals surface area contributed by atoms with E-state index in [2.05, 4.69) is 68.2 Å². The number of fused-ring (bicyclic) bond motifs is 1. The molecule has 2 fully saturated rings. The van der Waals surface area contributed by atoms with E-state index in [1.807, 2.05) is 16.8 Å². The third-order valence-corrected chi connectivity index (χ3v) is 6.06. The summed E-state index contributed by atoms with van der Waals surface area (Å²) < 4.78 is 1.82. The summed E-state index contributed by atoms with van der Waals surface area (Å²) >= 11 is 0. The van der Waals surface area contributed by atoms with E-state index in [9.17, 15) is 0 Å². The van der Waals surface area contributed by atoms with E-state index in [0.717, 1.165) is 56.3 Å². The third-order valence-electron chi connectivity index (χ3n) is 6.06. The summed E-state index contributed by atoms with van der Waals surface area (Å²) in [6, 6.07) is 13.1. The van der Waals surface area contributed by atoms with Crippen molar-refractivity contribution in [3.05, 3.63) is 42.6 Å². The van der Waals surface area contributed by atoms with Gasteiger partial charge in [0.15, 0.2) is 5.65 Å². The maximum absolute atomic E-state index is 4.72. The Labute approximate surface area is 177 Å². The first-order valence-corrected chi connectivity index (χ1v) is 10.9. The van der Waals surface area contributed by atoms with Gasteiger partial charge in [0.25, 0.3) is 0 Å². The number of benzene rings is 1. The summed E-state index contributed by atoms with van der Waals surface area (Å²) in [6.45, 7) is 6.38. The van der Waals surface area contributed by atoms with E-state index in [0.29, 0.717) is 12.0 Å². The second kappa shape index (κ2) is 8.49. The zero-order chi connectivity index (χ0) is 20.3. The molecule has 158 valence electrons. The molecular weight excluding hydrogens is 376 g/mol. The predicted molar refractivity (Wildman–Crippen MR) is 122 cm³/mol. The Morgan fingerprint density at radius 3 is 2.70 bits per heavy atom. The number of pyridine rings is 1. The highest BCUT2D eigenvalue weighted by Gasteiger charge is 2.16. The monoisotopic (exact) mass is 406 g/mol. The molecule has 1 unspecified atom stereocenters. The summed E-state index contributed by atoms with van der Waals surface area (Å²) in [4.78, 5) is 9.52. The lowest BCUT2D eigenvalue weighted by Gasteiger charge is -2.34. The van der Waals surface area contributed by atoms with Crippen LogP contribution in [-0.4, -0.2) is 71.9 Å². The lowest BCUT2D eigenvalue weighted by molar-refractivity contribution is 0.313. The highest BCUT2D eigenvalue weighted by atomic mass is 15.4. The zero-order valence-corrected chi connectivity index (χ0v) is 17.5. The van der Waals surface area contributed by atoms with Gasteiger partial charge in [0.1, 0.15) is 0 Å². The number of piperazine rings is 1. The molecule has 0 aliphatic carbocycles. The average molecular weight is 407 g/mol. The summed E-state index contributed by atoms with van der Waals surface area (Å²) in [5.41, 5.74) is 4.11. The van der Waals surface area contributed by atoms with Crippen LogP contribution in [0.3, 0.4) is 0 Å². The molecule has 4 heterocycles. The molecule has 30 heavy (non-hydrogen) atoms. The first-order chi connectivity index (χ1) is 14.7. The average Bonchev–Trinajstić information content (AvgIpc) is 3.43. The van der Waals surface area contributed by atoms with E-state index < -0.39 is 0 Å². The van der Waals surface area contributed by atoms with Crippen molar-refractivity contribution in [1.82, 2.24) is 24.8 Å². The molecule has 2 saturated heterocycles. The fourth-order valence-corrected chi connectivity index (χ4v) is 4.21. The van der Waals surface area contributed by atoms with Crippen molar-refractivity contribution in [3.63, 3.8) is 0 Å². The van der Waals surface area contributed by atoms with Gasteiger partial charge in [-0.3, -0.25) is 0 Å². The fourth-order valence-electron chi connectivity index (χ4n) is 4.21. The summed E-state index contributed by atoms with van der Waals surface area (Å²) in [6.07, 6.45) is 4.41. The largest absolute Gasteiger partial charge is 0.380 e. The van der Waals surface area contributed by atoms with Crippen LogP contribution in [0.1, 0.15) is 12.8 Å². The van der Waals surface area contributed by atoms with Gasteiger partial charge in [0, 0.05) is 56.3 Å². The normalized spacial score (nSPS) is 20.0. The molecule has 5 rings (SSSR count). The fraction of sp³-hybridized carbons (Fsp3) is 0.455. The Balaban J connectivity index is 1.26. The van der Waals surface area contributed by atoms with Crippen LogP contribution in [-0.2, 0) is 0 Å². The van der Waals surface area contributed by atoms with Crippen molar-refractivity contribution in [2.45, 2.75) is 18.9 Å². The van der Waals surface area contributed by atoms with Crippen LogP contribution in [0.25, 0.3) is 5.65 Å². The summed E-state index contributed by atoms with van der Waals surface area (Å²) in [7, 11) is 2.18. The second-order valence-corrected chi connectivity index (χ2v) is 8.26. The second-order valence-electron chi connectivity index (χ2n) is 8.26. The molecule has 1 atom stereocenters. The van der Waals surface area contributed by atoms with Crippen LogP contribution in [0.15, 0.2) is 42.6 Å². The molecule has 8 nitrogen and oxygen atoms in total. The van der Waals surface area contributed by atoms with E-state index in [4.69, 9.17) is 4.98 Å². The number of likely N-dealkylation sites (N-methyl/N-ethyl adjacent to an activating group) is 1. The SMILES string of the molecule is CN1CCN(c2ccc(Nc3nc4c(NCC5CCCN5)cccn4n3)cc2)CC1. The van der Waals surface area contributed by atoms with Crippen molar-refractivity contribution in [2.75, 3.05) is 61.8 Å². The van der Waals surface area contributed by atoms with Gasteiger partial charge in [0.2, 0.25) is 5.95 Å². The van der Waals surface area contributed by atoms with Crippen LogP contribution in [0.5, 0.6) is 0 Å². The molecule has 0 spiro atoms. The number of aromatic nitrogens is 3. The van der Waals surface area contributed by atoms with Gasteiger partial charge in [0.05, 0.1) is 5.69 Å². The van der Waals surface area contributed by atoms with E-state index in [1.165, 1.54) is 18.5 Å². The number of nitrogens with zero attached hydrogens (tertiary/aromatic N) is 5. The molecule has 0 radical (unpaired) electrons. The van der Waals surface area contributed by atoms with Crippen LogP contribution in [0, 0.1) is 0 Å². The molecule has 8 heteroatoms. The maximum atomic E-state index is 4.72. The van der Waals surface area contributed by atoms with E-state index >= 15 is 0 Å². The molecule has 2 aromatic heterocycles. The van der Waals surface area contributed by atoms with E-state index in [1.54, 1.807) is 0 Å². The number of nitrogens with one attached hydrogen (secondary N) is 3. The van der Waals surface area contributed by atoms with Crippen LogP contribution in [0.4, 0.5) is 23.0 Å². The standard InChI is InChI=1S/C22H30N8/c1-28-12-14-29(15-13-28)19-8-6-17(7-9-19)25-22-26-21-20(5-3-11-30(21)27-22)24-16-18-4-2-10-23-18/h3,5-9,11,18,23-24H,2,4,10,12-16H2,1H3,(H,25,27). The van der Waals surface area contributed by atoms with Crippen LogP contribution >= 0.6 is 0 Å². The maximum Gasteiger partial charge on any atom is 0.247 e. The van der Waals surface area contributed by atoms with Gasteiger partial charge in [-0.2, -0.15) is 4.98 Å². The highest BCUT2D eigenvalue weighted by molar-refractivity contribution is 5.69. The molecule has 0 bridgehead atoms. The number of hydrogen-bond acceptors (Lipinski definition) is 7. The molecule has 2 aliphatic heterocycles. The minimum atomic E-state index is 0.532. The Morgan fingerprint density at radius 1 is 1.10 bits per heavy atom. The predicted octanol–water partition coefficient (Wildman–Crippen LogP) is 2.39. The minimum Gasteiger partial charge on any atom is -0.380 e. The summed E-state index contributed by atoms with van der Waals surface area (Å²) in [5, 5.41) is 15.0. The number of anilines is 4. The smallest absolute Gasteiger partial charge is 0.247 e. The van der Waals surface area contributed by atoms with Crippen LogP contribution in [0.2, 0.25) is 0 Å². The molecule has 1 aromatic carbocycles. The Morgan fingerprint density at radius 2 is 1.93 bits per heavy atom. The molecule has 0 saturated carbocycles. The van der Waals surface area contributed by atoms with Crippen molar-refractivity contribution >= 4 is 28.7 Å². The lowest BCUT2D eigenvalue weighted by Crippen LogP contribution is -2.44. The molecule has 0 amide bonds. The quantitative estimate of drug-likeness (QED) is 0.580. The van der Waals surface area contributed by atoms with Crippen molar-refractivity contribution in [1.29, 1.82) is 0 Å². The number of hydrogen-bond donors (Lipinski definition) is 3. The minimum absolute atomic E-state index is 0.532. The third kappa shape index (κ3) is 4.20. The lowest BCUT2D eigenvalue weighted by atomic mass is 10.2. The van der Waals surface area contributed by atoms with Crippen LogP contribution < -0.4 is 20.9 Å². The van der Waals surface area contributed by atoms with E-state index in [-0.39, 0.29) is 0 Å². The van der Waals surface area contributed by atoms with Crippen molar-refractivity contribution < 1.29 is 0 Å². The Bertz CT molecular complexity index is 968. The first-order valence-electron chi connectivity index (χ1n) is 10.9. The van der Waals surface area contributed by atoms with Gasteiger partial charge in [-0.1, -0.05) is 0 Å². The molecule has 3 aromatic rings. The molecular formula is C22H30N8. The van der Waals surface area contributed by atoms with Crippen molar-refractivity contribution in [3.8, 4) is 0 Å². The van der Waals surface area contributed by atoms with Gasteiger partial charge >= 0.3 is 0 Å². The number of rotatable bonds is 6.